The molecule has 178 valence electrons. The zero-order chi connectivity index (χ0) is 24.3. The predicted octanol–water partition coefficient (Wildman–Crippen LogP) is 3.37. The van der Waals surface area contributed by atoms with Gasteiger partial charge in [0.15, 0.2) is 0 Å². The first-order chi connectivity index (χ1) is 17.0. The normalized spacial score (nSPS) is 17.7. The van der Waals surface area contributed by atoms with Crippen LogP contribution < -0.4 is 11.2 Å². The Morgan fingerprint density at radius 3 is 2.40 bits per heavy atom. The van der Waals surface area contributed by atoms with Crippen LogP contribution in [0.4, 0.5) is 0 Å². The van der Waals surface area contributed by atoms with Crippen LogP contribution in [0.1, 0.15) is 42.0 Å². The second-order valence-corrected chi connectivity index (χ2v) is 9.22. The van der Waals surface area contributed by atoms with Crippen molar-refractivity contribution >= 4 is 10.9 Å². The molecule has 35 heavy (non-hydrogen) atoms. The lowest BCUT2D eigenvalue weighted by molar-refractivity contribution is 0.302. The number of furan rings is 1. The number of hydrogen-bond acceptors (Lipinski definition) is 5. The predicted molar refractivity (Wildman–Crippen MR) is 131 cm³/mol. The van der Waals surface area contributed by atoms with Gasteiger partial charge in [0.05, 0.1) is 53.2 Å². The van der Waals surface area contributed by atoms with Crippen LogP contribution in [-0.2, 0) is 20.6 Å². The fourth-order valence-corrected chi connectivity index (χ4v) is 5.55. The topological polar surface area (TPSA) is 92.8 Å². The molecule has 9 heteroatoms. The van der Waals surface area contributed by atoms with Crippen molar-refractivity contribution in [2.75, 3.05) is 0 Å². The largest absolute Gasteiger partial charge is 0.466 e. The van der Waals surface area contributed by atoms with Gasteiger partial charge in [-0.15, -0.1) is 0 Å². The summed E-state index contributed by atoms with van der Waals surface area (Å²) >= 11 is 0. The second-order valence-electron chi connectivity index (χ2n) is 9.22. The quantitative estimate of drug-likeness (QED) is 0.402. The molecular formula is C26H26N6O3. The molecule has 9 nitrogen and oxygen atoms in total. The number of hydrogen-bond donors (Lipinski definition) is 0. The van der Waals surface area contributed by atoms with E-state index in [-0.39, 0.29) is 23.2 Å². The van der Waals surface area contributed by atoms with Crippen LogP contribution in [0.5, 0.6) is 0 Å². The summed E-state index contributed by atoms with van der Waals surface area (Å²) in [6.07, 6.45) is 4.99. The Morgan fingerprint density at radius 1 is 0.971 bits per heavy atom. The molecule has 0 fully saturated rings. The molecule has 5 heterocycles. The number of nitrogens with zero attached hydrogens (tertiary/aromatic N) is 6. The van der Waals surface area contributed by atoms with E-state index in [0.29, 0.717) is 17.4 Å². The van der Waals surface area contributed by atoms with Crippen molar-refractivity contribution in [2.45, 2.75) is 38.3 Å². The first kappa shape index (κ1) is 21.4. The minimum atomic E-state index is -0.347. The van der Waals surface area contributed by atoms with Gasteiger partial charge in [0.25, 0.3) is 5.56 Å². The monoisotopic (exact) mass is 470 g/mol. The Kier molecular flexibility index (Phi) is 4.87. The van der Waals surface area contributed by atoms with Gasteiger partial charge in [0.1, 0.15) is 11.5 Å². The van der Waals surface area contributed by atoms with Crippen molar-refractivity contribution in [1.29, 1.82) is 0 Å². The average molecular weight is 471 g/mol. The number of rotatable bonds is 4. The number of fused-ring (bicyclic) bond motifs is 3. The highest BCUT2D eigenvalue weighted by Gasteiger charge is 2.37. The van der Waals surface area contributed by atoms with E-state index in [4.69, 9.17) is 4.42 Å². The Hall–Kier alpha value is -4.14. The van der Waals surface area contributed by atoms with E-state index in [2.05, 4.69) is 14.8 Å². The van der Waals surface area contributed by atoms with Gasteiger partial charge in [-0.1, -0.05) is 30.3 Å². The molecule has 1 aromatic carbocycles. The van der Waals surface area contributed by atoms with Crippen molar-refractivity contribution < 1.29 is 4.42 Å². The summed E-state index contributed by atoms with van der Waals surface area (Å²) in [4.78, 5) is 28.4. The molecule has 0 N–H and O–H groups in total. The van der Waals surface area contributed by atoms with Crippen molar-refractivity contribution in [3.8, 4) is 11.3 Å². The third-order valence-corrected chi connectivity index (χ3v) is 7.12. The van der Waals surface area contributed by atoms with E-state index in [1.807, 2.05) is 49.4 Å². The van der Waals surface area contributed by atoms with Crippen LogP contribution >= 0.6 is 0 Å². The van der Waals surface area contributed by atoms with E-state index in [1.165, 1.54) is 11.6 Å². The van der Waals surface area contributed by atoms with E-state index < -0.39 is 0 Å². The van der Waals surface area contributed by atoms with E-state index >= 15 is 0 Å². The van der Waals surface area contributed by atoms with Crippen LogP contribution in [-0.4, -0.2) is 28.7 Å². The summed E-state index contributed by atoms with van der Waals surface area (Å²) in [6, 6.07) is 13.9. The Labute approximate surface area is 200 Å². The molecule has 1 aliphatic rings. The maximum Gasteiger partial charge on any atom is 0.331 e. The maximum absolute atomic E-state index is 13.7. The van der Waals surface area contributed by atoms with Gasteiger partial charge in [-0.3, -0.25) is 13.9 Å². The average Bonchev–Trinajstić information content (AvgIpc) is 3.61. The van der Waals surface area contributed by atoms with E-state index in [1.54, 1.807) is 28.8 Å². The molecule has 0 saturated carbocycles. The molecule has 0 radical (unpaired) electrons. The van der Waals surface area contributed by atoms with Crippen LogP contribution in [0.2, 0.25) is 0 Å². The van der Waals surface area contributed by atoms with Gasteiger partial charge in [0, 0.05) is 14.1 Å². The summed E-state index contributed by atoms with van der Waals surface area (Å²) in [6.45, 7) is 2.48. The van der Waals surface area contributed by atoms with Crippen LogP contribution in [0.25, 0.3) is 22.2 Å². The van der Waals surface area contributed by atoms with Crippen LogP contribution in [0.3, 0.4) is 0 Å². The Balaban J connectivity index is 1.76. The van der Waals surface area contributed by atoms with E-state index in [0.717, 1.165) is 41.3 Å². The molecule has 4 aromatic heterocycles. The third-order valence-electron chi connectivity index (χ3n) is 7.12. The zero-order valence-corrected chi connectivity index (χ0v) is 19.9. The number of benzene rings is 1. The van der Waals surface area contributed by atoms with Crippen LogP contribution in [0.15, 0.2) is 68.9 Å². The van der Waals surface area contributed by atoms with E-state index in [9.17, 15) is 9.59 Å². The first-order valence-corrected chi connectivity index (χ1v) is 11.8. The SMILES string of the molecule is Cc1ccc([C@H]2CC[C@H](Cn3nccn3)n3c(-c4ccccc4)c4c(=O)n(C)c(=O)n(C)c4c32)o1. The fraction of sp³-hybridized carbons (Fsp3) is 0.308. The highest BCUT2D eigenvalue weighted by Crippen LogP contribution is 2.47. The third kappa shape index (κ3) is 3.22. The summed E-state index contributed by atoms with van der Waals surface area (Å²) in [7, 11) is 3.27. The zero-order valence-electron chi connectivity index (χ0n) is 19.9. The molecule has 2 atom stereocenters. The molecular weight excluding hydrogens is 444 g/mol. The Morgan fingerprint density at radius 2 is 1.71 bits per heavy atom. The molecule has 5 aromatic rings. The molecule has 0 bridgehead atoms. The van der Waals surface area contributed by atoms with Gasteiger partial charge in [-0.25, -0.2) is 4.79 Å². The molecule has 0 amide bonds. The van der Waals surface area contributed by atoms with Crippen molar-refractivity contribution in [1.82, 2.24) is 28.7 Å². The van der Waals surface area contributed by atoms with Gasteiger partial charge in [-0.05, 0) is 37.5 Å². The lowest BCUT2D eigenvalue weighted by atomic mass is 9.89. The lowest BCUT2D eigenvalue weighted by Crippen LogP contribution is -2.37. The maximum atomic E-state index is 13.7. The minimum Gasteiger partial charge on any atom is -0.466 e. The molecule has 1 aliphatic heterocycles. The van der Waals surface area contributed by atoms with Crippen molar-refractivity contribution in [2.24, 2.45) is 14.1 Å². The van der Waals surface area contributed by atoms with Crippen molar-refractivity contribution in [3.05, 3.63) is 92.9 Å². The number of aromatic nitrogens is 6. The Bertz CT molecular complexity index is 1650. The highest BCUT2D eigenvalue weighted by atomic mass is 16.3. The second kappa shape index (κ2) is 7.97. The van der Waals surface area contributed by atoms with Gasteiger partial charge in [-0.2, -0.15) is 15.0 Å². The molecule has 0 aliphatic carbocycles. The molecule has 0 spiro atoms. The number of aryl methyl sites for hydroxylation is 2. The highest BCUT2D eigenvalue weighted by molar-refractivity contribution is 5.96. The lowest BCUT2D eigenvalue weighted by Gasteiger charge is -2.32. The minimum absolute atomic E-state index is 0.00729. The standard InChI is InChI=1S/C26H26N6O3/c1-16-9-12-20(35-16)19-11-10-18(15-31-27-13-14-28-31)32-22(17-7-5-4-6-8-17)21-24(23(19)32)29(2)26(34)30(3)25(21)33/h4-9,12-14,18-19H,10-11,15H2,1-3H3/t18-,19-/m1/s1. The summed E-state index contributed by atoms with van der Waals surface area (Å²) in [5.41, 5.74) is 2.68. The summed E-state index contributed by atoms with van der Waals surface area (Å²) in [5, 5.41) is 9.22. The van der Waals surface area contributed by atoms with Crippen LogP contribution in [0, 0.1) is 6.92 Å². The molecule has 6 rings (SSSR count). The molecule has 0 saturated heterocycles. The first-order valence-electron chi connectivity index (χ1n) is 11.8. The smallest absolute Gasteiger partial charge is 0.331 e. The summed E-state index contributed by atoms with van der Waals surface area (Å²) < 4.78 is 11.1. The summed E-state index contributed by atoms with van der Waals surface area (Å²) in [5.74, 6) is 1.58. The van der Waals surface area contributed by atoms with Crippen molar-refractivity contribution in [3.63, 3.8) is 0 Å². The van der Waals surface area contributed by atoms with Gasteiger partial charge < -0.3 is 8.98 Å². The molecule has 0 unspecified atom stereocenters. The van der Waals surface area contributed by atoms with Gasteiger partial charge >= 0.3 is 5.69 Å². The van der Waals surface area contributed by atoms with Gasteiger partial charge in [0.2, 0.25) is 0 Å². The fourth-order valence-electron chi connectivity index (χ4n) is 5.55.